The number of benzene rings is 1. The fourth-order valence-electron chi connectivity index (χ4n) is 3.94. The highest BCUT2D eigenvalue weighted by atomic mass is 16.4. The van der Waals surface area contributed by atoms with E-state index in [-0.39, 0.29) is 11.3 Å². The number of fused-ring (bicyclic) bond motifs is 1. The summed E-state index contributed by atoms with van der Waals surface area (Å²) >= 11 is 0. The molecule has 3 aromatic rings. The van der Waals surface area contributed by atoms with Gasteiger partial charge in [0.1, 0.15) is 22.7 Å². The Bertz CT molecular complexity index is 1190. The maximum Gasteiger partial charge on any atom is 0.148 e. The van der Waals surface area contributed by atoms with E-state index >= 15 is 0 Å². The van der Waals surface area contributed by atoms with Gasteiger partial charge in [0.15, 0.2) is 0 Å². The van der Waals surface area contributed by atoms with Crippen molar-refractivity contribution in [3.63, 3.8) is 0 Å². The maximum absolute atomic E-state index is 8.98. The average molecular weight is 418 g/mol. The standard InChI is InChI=1S/C23H27N7O/c1-16(28-31)20-7-8-22(24)30(27-20)23(25)13-17-5-6-21-19(11-17)12-18(14-26-21)15-29-9-3-2-4-10-29/h5-8,11-12,14,24-25,31H,2-4,9-10,13,15H2,1H3/b24-22?,25-23?,28-16+. The first-order valence-electron chi connectivity index (χ1n) is 10.6. The van der Waals surface area contributed by atoms with Gasteiger partial charge in [0.25, 0.3) is 0 Å². The number of nitrogens with one attached hydrogen (secondary N) is 2. The third-order valence-electron chi connectivity index (χ3n) is 5.64. The average Bonchev–Trinajstić information content (AvgIpc) is 2.79. The number of oxime groups is 1. The summed E-state index contributed by atoms with van der Waals surface area (Å²) in [6, 6.07) is 11.3. The van der Waals surface area contributed by atoms with Crippen LogP contribution in [0.5, 0.6) is 0 Å². The van der Waals surface area contributed by atoms with Crippen LogP contribution >= 0.6 is 0 Å². The zero-order chi connectivity index (χ0) is 21.8. The van der Waals surface area contributed by atoms with Gasteiger partial charge in [-0.15, -0.1) is 0 Å². The summed E-state index contributed by atoms with van der Waals surface area (Å²) in [4.78, 5) is 7.10. The van der Waals surface area contributed by atoms with Crippen molar-refractivity contribution >= 4 is 22.5 Å². The summed E-state index contributed by atoms with van der Waals surface area (Å²) in [5, 5.41) is 34.0. The molecular formula is C23H27N7O. The summed E-state index contributed by atoms with van der Waals surface area (Å²) in [7, 11) is 0. The zero-order valence-electron chi connectivity index (χ0n) is 17.7. The molecule has 1 aliphatic heterocycles. The van der Waals surface area contributed by atoms with Crippen LogP contribution in [-0.4, -0.2) is 49.5 Å². The molecule has 1 saturated heterocycles. The van der Waals surface area contributed by atoms with Crippen molar-refractivity contribution in [2.45, 2.75) is 39.2 Å². The van der Waals surface area contributed by atoms with Gasteiger partial charge in [0.2, 0.25) is 0 Å². The lowest BCUT2D eigenvalue weighted by Crippen LogP contribution is -2.31. The topological polar surface area (TPSA) is 114 Å². The molecular weight excluding hydrogens is 390 g/mol. The van der Waals surface area contributed by atoms with Crippen LogP contribution in [0, 0.1) is 10.8 Å². The Hall–Kier alpha value is -3.39. The molecule has 0 atom stereocenters. The summed E-state index contributed by atoms with van der Waals surface area (Å²) in [6.45, 7) is 4.84. The van der Waals surface area contributed by atoms with E-state index in [9.17, 15) is 0 Å². The van der Waals surface area contributed by atoms with E-state index in [1.165, 1.54) is 29.5 Å². The highest BCUT2D eigenvalue weighted by molar-refractivity contribution is 5.96. The van der Waals surface area contributed by atoms with Gasteiger partial charge in [0.05, 0.1) is 5.52 Å². The zero-order valence-corrected chi connectivity index (χ0v) is 17.7. The molecule has 160 valence electrons. The molecule has 3 heterocycles. The van der Waals surface area contributed by atoms with E-state index in [1.807, 2.05) is 18.3 Å². The van der Waals surface area contributed by atoms with Crippen LogP contribution in [0.25, 0.3) is 10.9 Å². The van der Waals surface area contributed by atoms with Crippen LogP contribution in [0.4, 0.5) is 0 Å². The van der Waals surface area contributed by atoms with Gasteiger partial charge in [-0.25, -0.2) is 4.68 Å². The second-order valence-corrected chi connectivity index (χ2v) is 8.03. The fourth-order valence-corrected chi connectivity index (χ4v) is 3.94. The number of pyridine rings is 1. The van der Waals surface area contributed by atoms with Crippen molar-refractivity contribution < 1.29 is 5.21 Å². The molecule has 0 amide bonds. The summed E-state index contributed by atoms with van der Waals surface area (Å²) < 4.78 is 1.26. The molecule has 8 heteroatoms. The molecule has 0 bridgehead atoms. The molecule has 3 N–H and O–H groups in total. The van der Waals surface area contributed by atoms with Gasteiger partial charge in [0, 0.05) is 24.5 Å². The van der Waals surface area contributed by atoms with Crippen molar-refractivity contribution in [1.29, 1.82) is 10.8 Å². The maximum atomic E-state index is 8.98. The number of piperidine rings is 1. The lowest BCUT2D eigenvalue weighted by atomic mass is 10.1. The highest BCUT2D eigenvalue weighted by Gasteiger charge is 2.12. The second-order valence-electron chi connectivity index (χ2n) is 8.03. The van der Waals surface area contributed by atoms with Gasteiger partial charge >= 0.3 is 0 Å². The molecule has 31 heavy (non-hydrogen) atoms. The Morgan fingerprint density at radius 3 is 2.65 bits per heavy atom. The molecule has 8 nitrogen and oxygen atoms in total. The van der Waals surface area contributed by atoms with Crippen molar-refractivity contribution in [1.82, 2.24) is 19.7 Å². The molecule has 0 aliphatic carbocycles. The highest BCUT2D eigenvalue weighted by Crippen LogP contribution is 2.19. The molecule has 0 radical (unpaired) electrons. The first kappa shape index (κ1) is 20.9. The van der Waals surface area contributed by atoms with Crippen LogP contribution in [-0.2, 0) is 13.0 Å². The van der Waals surface area contributed by atoms with Crippen molar-refractivity contribution in [3.05, 3.63) is 64.9 Å². The van der Waals surface area contributed by atoms with Gasteiger partial charge in [-0.2, -0.15) is 5.10 Å². The Morgan fingerprint density at radius 1 is 1.10 bits per heavy atom. The summed E-state index contributed by atoms with van der Waals surface area (Å²) in [5.41, 5.74) is 3.96. The molecule has 0 unspecified atom stereocenters. The van der Waals surface area contributed by atoms with Crippen LogP contribution < -0.4 is 5.49 Å². The Kier molecular flexibility index (Phi) is 6.18. The van der Waals surface area contributed by atoms with Crippen LogP contribution in [0.1, 0.15) is 43.0 Å². The normalized spacial score (nSPS) is 15.3. The molecule has 2 aromatic heterocycles. The van der Waals surface area contributed by atoms with Crippen LogP contribution in [0.15, 0.2) is 47.8 Å². The Balaban J connectivity index is 1.55. The van der Waals surface area contributed by atoms with E-state index in [4.69, 9.17) is 16.0 Å². The predicted molar refractivity (Wildman–Crippen MR) is 120 cm³/mol. The van der Waals surface area contributed by atoms with Gasteiger partial charge in [-0.05, 0) is 74.3 Å². The minimum atomic E-state index is 0.103. The molecule has 1 aliphatic rings. The lowest BCUT2D eigenvalue weighted by Gasteiger charge is -2.26. The van der Waals surface area contributed by atoms with E-state index < -0.39 is 0 Å². The van der Waals surface area contributed by atoms with E-state index in [1.54, 1.807) is 19.1 Å². The molecule has 0 saturated carbocycles. The van der Waals surface area contributed by atoms with Gasteiger partial charge in [-0.3, -0.25) is 20.7 Å². The third kappa shape index (κ3) is 4.86. The molecule has 4 rings (SSSR count). The fraction of sp³-hybridized carbons (Fsp3) is 0.348. The Morgan fingerprint density at radius 2 is 1.87 bits per heavy atom. The minimum absolute atomic E-state index is 0.103. The number of likely N-dealkylation sites (tertiary alicyclic amines) is 1. The number of hydrogen-bond acceptors (Lipinski definition) is 7. The van der Waals surface area contributed by atoms with Crippen LogP contribution in [0.2, 0.25) is 0 Å². The number of hydrogen-bond donors (Lipinski definition) is 3. The van der Waals surface area contributed by atoms with Gasteiger partial charge in [-0.1, -0.05) is 17.6 Å². The lowest BCUT2D eigenvalue weighted by molar-refractivity contribution is 0.221. The molecule has 1 fully saturated rings. The quantitative estimate of drug-likeness (QED) is 0.256. The Labute approximate surface area is 180 Å². The smallest absolute Gasteiger partial charge is 0.148 e. The SMILES string of the molecule is C/C(=N\O)c1ccc(=N)n(C(=N)Cc2ccc3ncc(CN4CCCCC4)cc3c2)n1. The first-order chi connectivity index (χ1) is 15.0. The molecule has 0 spiro atoms. The predicted octanol–water partition coefficient (Wildman–Crippen LogP) is 3.16. The van der Waals surface area contributed by atoms with Crippen molar-refractivity contribution in [2.24, 2.45) is 5.16 Å². The number of aromatic nitrogens is 3. The number of nitrogens with zero attached hydrogens (tertiary/aromatic N) is 5. The van der Waals surface area contributed by atoms with Crippen molar-refractivity contribution in [3.8, 4) is 0 Å². The monoisotopic (exact) mass is 417 g/mol. The van der Waals surface area contributed by atoms with E-state index in [2.05, 4.69) is 32.3 Å². The van der Waals surface area contributed by atoms with Crippen LogP contribution in [0.3, 0.4) is 0 Å². The van der Waals surface area contributed by atoms with E-state index in [0.29, 0.717) is 17.8 Å². The second kappa shape index (κ2) is 9.18. The minimum Gasteiger partial charge on any atom is -0.411 e. The largest absolute Gasteiger partial charge is 0.411 e. The first-order valence-corrected chi connectivity index (χ1v) is 10.6. The van der Waals surface area contributed by atoms with Crippen molar-refractivity contribution in [2.75, 3.05) is 13.1 Å². The third-order valence-corrected chi connectivity index (χ3v) is 5.64. The van der Waals surface area contributed by atoms with Gasteiger partial charge < -0.3 is 5.21 Å². The van der Waals surface area contributed by atoms with E-state index in [0.717, 1.165) is 36.1 Å². The summed E-state index contributed by atoms with van der Waals surface area (Å²) in [5.74, 6) is 0.175. The molecule has 1 aromatic carbocycles. The number of rotatable bonds is 5. The summed E-state index contributed by atoms with van der Waals surface area (Å²) in [6.07, 6.45) is 6.14.